The monoisotopic (exact) mass is 395 g/mol. The highest BCUT2D eigenvalue weighted by Gasteiger charge is 2.54. The SMILES string of the molecule is O=C(c1cc2sccc2[nH]1)N1C[C@@H](c2ccc(F)cc2)[C@@H]2[C@H]1C1CCN2CC1. The van der Waals surface area contributed by atoms with E-state index in [1.807, 2.05) is 29.6 Å². The van der Waals surface area contributed by atoms with Gasteiger partial charge in [0.15, 0.2) is 0 Å². The Hall–Kier alpha value is -2.18. The summed E-state index contributed by atoms with van der Waals surface area (Å²) in [6, 6.07) is 11.5. The molecule has 4 aliphatic heterocycles. The molecule has 0 radical (unpaired) electrons. The number of piperidine rings is 3. The van der Waals surface area contributed by atoms with Gasteiger partial charge in [-0.2, -0.15) is 0 Å². The summed E-state index contributed by atoms with van der Waals surface area (Å²) in [5, 5.41) is 2.04. The maximum atomic E-state index is 13.5. The Morgan fingerprint density at radius 3 is 2.64 bits per heavy atom. The molecule has 0 spiro atoms. The van der Waals surface area contributed by atoms with Crippen LogP contribution in [0.2, 0.25) is 0 Å². The van der Waals surface area contributed by atoms with Crippen LogP contribution in [0.1, 0.15) is 34.8 Å². The zero-order chi connectivity index (χ0) is 18.8. The van der Waals surface area contributed by atoms with E-state index in [1.165, 1.54) is 12.8 Å². The van der Waals surface area contributed by atoms with Gasteiger partial charge in [0.1, 0.15) is 11.5 Å². The number of benzene rings is 1. The van der Waals surface area contributed by atoms with Crippen molar-refractivity contribution in [3.8, 4) is 0 Å². The number of amides is 1. The minimum atomic E-state index is -0.205. The molecule has 4 fully saturated rings. The van der Waals surface area contributed by atoms with Crippen molar-refractivity contribution in [3.63, 3.8) is 0 Å². The molecular formula is C22H22FN3OS. The average Bonchev–Trinajstić information content (AvgIpc) is 3.43. The van der Waals surface area contributed by atoms with Crippen molar-refractivity contribution in [2.45, 2.75) is 30.8 Å². The Morgan fingerprint density at radius 2 is 1.89 bits per heavy atom. The van der Waals surface area contributed by atoms with Crippen LogP contribution in [0.5, 0.6) is 0 Å². The molecule has 0 aliphatic carbocycles. The number of hydrogen-bond donors (Lipinski definition) is 1. The van der Waals surface area contributed by atoms with Gasteiger partial charge in [0.25, 0.3) is 5.91 Å². The van der Waals surface area contributed by atoms with Gasteiger partial charge in [0.05, 0.1) is 16.3 Å². The summed E-state index contributed by atoms with van der Waals surface area (Å²) < 4.78 is 14.6. The molecule has 4 saturated heterocycles. The number of thiophene rings is 1. The Morgan fingerprint density at radius 1 is 1.11 bits per heavy atom. The smallest absolute Gasteiger partial charge is 0.270 e. The van der Waals surface area contributed by atoms with Crippen molar-refractivity contribution in [2.24, 2.45) is 5.92 Å². The molecule has 6 heterocycles. The van der Waals surface area contributed by atoms with Crippen LogP contribution < -0.4 is 0 Å². The van der Waals surface area contributed by atoms with Crippen molar-refractivity contribution in [3.05, 3.63) is 58.9 Å². The lowest BCUT2D eigenvalue weighted by atomic mass is 9.75. The van der Waals surface area contributed by atoms with E-state index in [-0.39, 0.29) is 23.7 Å². The highest BCUT2D eigenvalue weighted by atomic mass is 32.1. The molecule has 0 unspecified atom stereocenters. The summed E-state index contributed by atoms with van der Waals surface area (Å²) in [6.07, 6.45) is 2.34. The van der Waals surface area contributed by atoms with E-state index in [4.69, 9.17) is 0 Å². The summed E-state index contributed by atoms with van der Waals surface area (Å²) in [7, 11) is 0. The number of H-pyrrole nitrogens is 1. The number of hydrogen-bond acceptors (Lipinski definition) is 3. The summed E-state index contributed by atoms with van der Waals surface area (Å²) in [5.41, 5.74) is 2.87. The lowest BCUT2D eigenvalue weighted by Crippen LogP contribution is -2.60. The van der Waals surface area contributed by atoms with E-state index in [0.29, 0.717) is 24.2 Å². The van der Waals surface area contributed by atoms with E-state index < -0.39 is 0 Å². The van der Waals surface area contributed by atoms with Crippen molar-refractivity contribution >= 4 is 27.5 Å². The van der Waals surface area contributed by atoms with Gasteiger partial charge in [-0.1, -0.05) is 12.1 Å². The van der Waals surface area contributed by atoms with E-state index in [0.717, 1.165) is 28.9 Å². The molecule has 7 rings (SSSR count). The number of aromatic nitrogens is 1. The van der Waals surface area contributed by atoms with Crippen molar-refractivity contribution in [1.29, 1.82) is 0 Å². The van der Waals surface area contributed by atoms with Crippen LogP contribution in [0.4, 0.5) is 4.39 Å². The standard InChI is InChI=1S/C22H22FN3OS/c23-15-3-1-13(2-4-15)16-12-26(20-14-5-8-25(9-6-14)21(16)20)22(27)18-11-19-17(24-18)7-10-28-19/h1-4,7,10-11,14,16,20-21,24H,5-6,8-9,12H2/t16-,20+,21+/m0/s1. The molecule has 2 bridgehead atoms. The first-order valence-electron chi connectivity index (χ1n) is 10.1. The van der Waals surface area contributed by atoms with Crippen LogP contribution in [0.25, 0.3) is 10.2 Å². The lowest BCUT2D eigenvalue weighted by molar-refractivity contribution is -0.00355. The molecule has 3 aromatic rings. The third kappa shape index (κ3) is 2.40. The number of nitrogens with one attached hydrogen (secondary N) is 1. The van der Waals surface area contributed by atoms with Gasteiger partial charge >= 0.3 is 0 Å². The fourth-order valence-corrected chi connectivity index (χ4v) is 6.56. The van der Waals surface area contributed by atoms with Crippen LogP contribution in [0.15, 0.2) is 41.8 Å². The lowest BCUT2D eigenvalue weighted by Gasteiger charge is -2.51. The Labute approximate surface area is 166 Å². The van der Waals surface area contributed by atoms with Crippen LogP contribution in [-0.4, -0.2) is 52.4 Å². The summed E-state index contributed by atoms with van der Waals surface area (Å²) >= 11 is 1.66. The van der Waals surface area contributed by atoms with Gasteiger partial charge in [-0.15, -0.1) is 11.3 Å². The van der Waals surface area contributed by atoms with Crippen LogP contribution in [0.3, 0.4) is 0 Å². The van der Waals surface area contributed by atoms with Gasteiger partial charge in [0.2, 0.25) is 0 Å². The quantitative estimate of drug-likeness (QED) is 0.710. The summed E-state index contributed by atoms with van der Waals surface area (Å²) in [6.45, 7) is 2.94. The molecule has 3 atom stereocenters. The molecule has 144 valence electrons. The molecule has 2 aromatic heterocycles. The normalized spacial score (nSPS) is 31.5. The maximum absolute atomic E-state index is 13.5. The fraction of sp³-hybridized carbons (Fsp3) is 0.409. The third-order valence-electron chi connectivity index (χ3n) is 7.02. The first kappa shape index (κ1) is 16.7. The molecule has 1 aromatic carbocycles. The number of carbonyl (C=O) groups excluding carboxylic acids is 1. The second-order valence-corrected chi connectivity index (χ2v) is 9.30. The fourth-order valence-electron chi connectivity index (χ4n) is 5.78. The minimum absolute atomic E-state index is 0.108. The first-order valence-corrected chi connectivity index (χ1v) is 10.9. The molecule has 1 N–H and O–H groups in total. The molecule has 0 saturated carbocycles. The van der Waals surface area contributed by atoms with Crippen molar-refractivity contribution < 1.29 is 9.18 Å². The predicted molar refractivity (Wildman–Crippen MR) is 108 cm³/mol. The minimum Gasteiger partial charge on any atom is -0.350 e. The van der Waals surface area contributed by atoms with E-state index in [2.05, 4.69) is 14.8 Å². The zero-order valence-electron chi connectivity index (χ0n) is 15.5. The van der Waals surface area contributed by atoms with Gasteiger partial charge in [-0.25, -0.2) is 4.39 Å². The number of aromatic amines is 1. The second kappa shape index (κ2) is 6.16. The van der Waals surface area contributed by atoms with Gasteiger partial charge in [-0.3, -0.25) is 9.69 Å². The number of carbonyl (C=O) groups is 1. The Bertz CT molecular complexity index is 1010. The number of nitrogens with zero attached hydrogens (tertiary/aromatic N) is 2. The largest absolute Gasteiger partial charge is 0.350 e. The average molecular weight is 396 g/mol. The van der Waals surface area contributed by atoms with Gasteiger partial charge < -0.3 is 9.88 Å². The van der Waals surface area contributed by atoms with Gasteiger partial charge in [-0.05, 0) is 67.1 Å². The second-order valence-electron chi connectivity index (χ2n) is 8.35. The number of likely N-dealkylation sites (tertiary alicyclic amines) is 1. The molecule has 4 aliphatic rings. The van der Waals surface area contributed by atoms with Crippen LogP contribution in [-0.2, 0) is 0 Å². The number of halogens is 1. The summed E-state index contributed by atoms with van der Waals surface area (Å²) in [5.74, 6) is 0.717. The van der Waals surface area contributed by atoms with Crippen molar-refractivity contribution in [1.82, 2.24) is 14.8 Å². The summed E-state index contributed by atoms with van der Waals surface area (Å²) in [4.78, 5) is 21.5. The topological polar surface area (TPSA) is 39.3 Å². The Kier molecular flexibility index (Phi) is 3.68. The molecular weight excluding hydrogens is 373 g/mol. The predicted octanol–water partition coefficient (Wildman–Crippen LogP) is 4.07. The molecule has 28 heavy (non-hydrogen) atoms. The zero-order valence-corrected chi connectivity index (χ0v) is 16.3. The number of fused-ring (bicyclic) bond motifs is 3. The Balaban J connectivity index is 1.39. The molecule has 6 heteroatoms. The van der Waals surface area contributed by atoms with Crippen molar-refractivity contribution in [2.75, 3.05) is 19.6 Å². The number of rotatable bonds is 2. The van der Waals surface area contributed by atoms with E-state index in [1.54, 1.807) is 23.5 Å². The van der Waals surface area contributed by atoms with Crippen LogP contribution in [0, 0.1) is 11.7 Å². The molecule has 1 amide bonds. The highest BCUT2D eigenvalue weighted by molar-refractivity contribution is 7.17. The maximum Gasteiger partial charge on any atom is 0.270 e. The van der Waals surface area contributed by atoms with E-state index in [9.17, 15) is 9.18 Å². The highest BCUT2D eigenvalue weighted by Crippen LogP contribution is 2.47. The third-order valence-corrected chi connectivity index (χ3v) is 7.89. The van der Waals surface area contributed by atoms with Gasteiger partial charge in [0, 0.05) is 18.5 Å². The van der Waals surface area contributed by atoms with E-state index >= 15 is 0 Å². The van der Waals surface area contributed by atoms with Crippen LogP contribution >= 0.6 is 11.3 Å². The molecule has 4 nitrogen and oxygen atoms in total. The first-order chi connectivity index (χ1) is 13.7.